The molecule has 0 aliphatic carbocycles. The van der Waals surface area contributed by atoms with E-state index in [-0.39, 0.29) is 11.2 Å². The van der Waals surface area contributed by atoms with Gasteiger partial charge in [0, 0.05) is 12.7 Å². The molecule has 0 spiro atoms. The maximum atomic E-state index is 11.4. The highest BCUT2D eigenvalue weighted by atomic mass is 16.4. The topological polar surface area (TPSA) is 73.4 Å². The number of nitrogens with zero attached hydrogens (tertiary/aromatic N) is 1. The van der Waals surface area contributed by atoms with Crippen LogP contribution in [0, 0.1) is 13.8 Å². The molecular weight excluding hydrogens is 184 g/mol. The largest absolute Gasteiger partial charge is 0.465 e. The van der Waals surface area contributed by atoms with Crippen molar-refractivity contribution in [3.05, 3.63) is 27.7 Å². The Morgan fingerprint density at radius 3 is 2.50 bits per heavy atom. The lowest BCUT2D eigenvalue weighted by atomic mass is 10.2. The summed E-state index contributed by atoms with van der Waals surface area (Å²) < 4.78 is 0. The van der Waals surface area contributed by atoms with Gasteiger partial charge >= 0.3 is 6.09 Å². The van der Waals surface area contributed by atoms with Crippen LogP contribution in [0.2, 0.25) is 0 Å². The zero-order valence-corrected chi connectivity index (χ0v) is 8.29. The lowest BCUT2D eigenvalue weighted by Crippen LogP contribution is -2.30. The fourth-order valence-electron chi connectivity index (χ4n) is 1.36. The van der Waals surface area contributed by atoms with Crippen LogP contribution in [0.15, 0.2) is 10.9 Å². The van der Waals surface area contributed by atoms with Gasteiger partial charge < -0.3 is 10.1 Å². The molecule has 0 saturated heterocycles. The Hall–Kier alpha value is -1.78. The molecule has 0 bridgehead atoms. The van der Waals surface area contributed by atoms with Crippen molar-refractivity contribution in [3.8, 4) is 0 Å². The molecule has 5 nitrogen and oxygen atoms in total. The molecule has 0 fully saturated rings. The molecule has 1 rings (SSSR count). The van der Waals surface area contributed by atoms with Crippen LogP contribution >= 0.6 is 0 Å². The minimum absolute atomic E-state index is 0.170. The maximum Gasteiger partial charge on any atom is 0.411 e. The standard InChI is InChI=1S/C9H12N2O3/c1-5-4-6(2)10-8(12)7(5)11(3)9(13)14/h4H,1-3H3,(H,10,12)(H,13,14). The quantitative estimate of drug-likeness (QED) is 0.706. The Morgan fingerprint density at radius 1 is 1.50 bits per heavy atom. The number of anilines is 1. The highest BCUT2D eigenvalue weighted by Gasteiger charge is 2.15. The van der Waals surface area contributed by atoms with E-state index >= 15 is 0 Å². The van der Waals surface area contributed by atoms with Crippen LogP contribution in [0.25, 0.3) is 0 Å². The minimum atomic E-state index is -1.15. The van der Waals surface area contributed by atoms with E-state index in [1.165, 1.54) is 7.05 Å². The second-order valence-electron chi connectivity index (χ2n) is 3.15. The number of pyridine rings is 1. The van der Waals surface area contributed by atoms with Crippen LogP contribution in [0.1, 0.15) is 11.3 Å². The van der Waals surface area contributed by atoms with Gasteiger partial charge in [-0.3, -0.25) is 9.69 Å². The summed E-state index contributed by atoms with van der Waals surface area (Å²) in [7, 11) is 1.34. The lowest BCUT2D eigenvalue weighted by Gasteiger charge is -2.14. The number of hydrogen-bond acceptors (Lipinski definition) is 2. The fourth-order valence-corrected chi connectivity index (χ4v) is 1.36. The van der Waals surface area contributed by atoms with Crippen LogP contribution < -0.4 is 10.5 Å². The molecule has 1 aromatic heterocycles. The van der Waals surface area contributed by atoms with Gasteiger partial charge in [-0.25, -0.2) is 4.79 Å². The zero-order valence-electron chi connectivity index (χ0n) is 8.29. The second kappa shape index (κ2) is 3.53. The van der Waals surface area contributed by atoms with E-state index in [1.807, 2.05) is 0 Å². The molecule has 14 heavy (non-hydrogen) atoms. The van der Waals surface area contributed by atoms with Gasteiger partial charge in [0.25, 0.3) is 5.56 Å². The van der Waals surface area contributed by atoms with Crippen molar-refractivity contribution in [3.63, 3.8) is 0 Å². The summed E-state index contributed by atoms with van der Waals surface area (Å²) in [5, 5.41) is 8.73. The Kier molecular flexibility index (Phi) is 2.60. The third-order valence-electron chi connectivity index (χ3n) is 1.95. The normalized spacial score (nSPS) is 9.93. The van der Waals surface area contributed by atoms with Gasteiger partial charge in [0.1, 0.15) is 5.69 Å². The van der Waals surface area contributed by atoms with E-state index in [4.69, 9.17) is 5.11 Å². The van der Waals surface area contributed by atoms with E-state index in [2.05, 4.69) is 4.98 Å². The Labute approximate surface area is 81.0 Å². The number of carboxylic acid groups (broad SMARTS) is 1. The number of carbonyl (C=O) groups is 1. The monoisotopic (exact) mass is 196 g/mol. The van der Waals surface area contributed by atoms with Crippen LogP contribution in [-0.2, 0) is 0 Å². The number of aryl methyl sites for hydroxylation is 2. The predicted octanol–water partition coefficient (Wildman–Crippen LogP) is 1.11. The number of rotatable bonds is 1. The average Bonchev–Trinajstić information content (AvgIpc) is 2.01. The minimum Gasteiger partial charge on any atom is -0.465 e. The zero-order chi connectivity index (χ0) is 10.9. The van der Waals surface area contributed by atoms with Crippen LogP contribution in [0.5, 0.6) is 0 Å². The smallest absolute Gasteiger partial charge is 0.411 e. The highest BCUT2D eigenvalue weighted by molar-refractivity contribution is 5.86. The molecule has 76 valence electrons. The summed E-state index contributed by atoms with van der Waals surface area (Å²) in [5.41, 5.74) is 1.15. The number of aromatic amines is 1. The van der Waals surface area contributed by atoms with Crippen molar-refractivity contribution in [1.82, 2.24) is 4.98 Å². The van der Waals surface area contributed by atoms with Crippen molar-refractivity contribution in [2.24, 2.45) is 0 Å². The van der Waals surface area contributed by atoms with Gasteiger partial charge in [-0.2, -0.15) is 0 Å². The first-order valence-electron chi connectivity index (χ1n) is 4.10. The first-order chi connectivity index (χ1) is 6.43. The highest BCUT2D eigenvalue weighted by Crippen LogP contribution is 2.13. The summed E-state index contributed by atoms with van der Waals surface area (Å²) in [4.78, 5) is 25.6. The third-order valence-corrected chi connectivity index (χ3v) is 1.95. The summed E-state index contributed by atoms with van der Waals surface area (Å²) in [5.74, 6) is 0. The lowest BCUT2D eigenvalue weighted by molar-refractivity contribution is 0.203. The van der Waals surface area contributed by atoms with Crippen molar-refractivity contribution >= 4 is 11.8 Å². The first-order valence-corrected chi connectivity index (χ1v) is 4.10. The van der Waals surface area contributed by atoms with Crippen molar-refractivity contribution in [1.29, 1.82) is 0 Å². The molecule has 0 saturated carbocycles. The summed E-state index contributed by atoms with van der Waals surface area (Å²) in [6.45, 7) is 3.45. The van der Waals surface area contributed by atoms with Crippen molar-refractivity contribution in [2.45, 2.75) is 13.8 Å². The molecular formula is C9H12N2O3. The molecule has 2 N–H and O–H groups in total. The predicted molar refractivity (Wildman–Crippen MR) is 53.0 cm³/mol. The van der Waals surface area contributed by atoms with Gasteiger partial charge in [-0.1, -0.05) is 0 Å². The van der Waals surface area contributed by atoms with E-state index in [0.717, 1.165) is 10.6 Å². The Bertz CT molecular complexity index is 423. The summed E-state index contributed by atoms with van der Waals surface area (Å²) in [6, 6.07) is 1.73. The average molecular weight is 196 g/mol. The number of amides is 1. The SMILES string of the molecule is Cc1cc(C)c(N(C)C(=O)O)c(=O)[nH]1. The van der Waals surface area contributed by atoms with Gasteiger partial charge in [0.15, 0.2) is 0 Å². The van der Waals surface area contributed by atoms with Crippen molar-refractivity contribution < 1.29 is 9.90 Å². The van der Waals surface area contributed by atoms with Gasteiger partial charge in [0.2, 0.25) is 0 Å². The molecule has 1 heterocycles. The maximum absolute atomic E-state index is 11.4. The van der Waals surface area contributed by atoms with E-state index in [9.17, 15) is 9.59 Å². The molecule has 0 atom stereocenters. The number of hydrogen-bond donors (Lipinski definition) is 2. The number of aromatic nitrogens is 1. The molecule has 0 aliphatic rings. The first kappa shape index (κ1) is 10.3. The van der Waals surface area contributed by atoms with Crippen molar-refractivity contribution in [2.75, 3.05) is 11.9 Å². The second-order valence-corrected chi connectivity index (χ2v) is 3.15. The molecule has 0 aromatic carbocycles. The Balaban J connectivity index is 3.35. The van der Waals surface area contributed by atoms with Gasteiger partial charge in [0.05, 0.1) is 0 Å². The Morgan fingerprint density at radius 2 is 2.07 bits per heavy atom. The molecule has 1 aromatic rings. The van der Waals surface area contributed by atoms with Crippen LogP contribution in [0.3, 0.4) is 0 Å². The molecule has 1 amide bonds. The van der Waals surface area contributed by atoms with Gasteiger partial charge in [-0.15, -0.1) is 0 Å². The van der Waals surface area contributed by atoms with Crippen LogP contribution in [0.4, 0.5) is 10.5 Å². The van der Waals surface area contributed by atoms with E-state index < -0.39 is 6.09 Å². The summed E-state index contributed by atoms with van der Waals surface area (Å²) >= 11 is 0. The number of H-pyrrole nitrogens is 1. The fraction of sp³-hybridized carbons (Fsp3) is 0.333. The van der Waals surface area contributed by atoms with E-state index in [1.54, 1.807) is 19.9 Å². The molecule has 5 heteroatoms. The third kappa shape index (κ3) is 1.76. The summed E-state index contributed by atoms with van der Waals surface area (Å²) in [6.07, 6.45) is -1.15. The molecule has 0 unspecified atom stereocenters. The number of nitrogens with one attached hydrogen (secondary N) is 1. The molecule has 0 radical (unpaired) electrons. The van der Waals surface area contributed by atoms with E-state index in [0.29, 0.717) is 5.56 Å². The van der Waals surface area contributed by atoms with Gasteiger partial charge in [-0.05, 0) is 25.5 Å². The molecule has 0 aliphatic heterocycles. The van der Waals surface area contributed by atoms with Crippen LogP contribution in [-0.4, -0.2) is 23.2 Å².